The smallest absolute Gasteiger partial charge is 0.321 e. The number of carbonyl (C=O) groups is 1. The van der Waals surface area contributed by atoms with Gasteiger partial charge in [0.25, 0.3) is 0 Å². The lowest BCUT2D eigenvalue weighted by Gasteiger charge is -2.14. The molecule has 0 unspecified atom stereocenters. The Morgan fingerprint density at radius 3 is 2.59 bits per heavy atom. The molecule has 2 N–H and O–H groups in total. The summed E-state index contributed by atoms with van der Waals surface area (Å²) in [7, 11) is -3.67. The highest BCUT2D eigenvalue weighted by molar-refractivity contribution is 7.89. The Morgan fingerprint density at radius 2 is 2.00 bits per heavy atom. The topological polar surface area (TPSA) is 92.7 Å². The molecule has 0 spiro atoms. The van der Waals surface area contributed by atoms with Gasteiger partial charge in [-0.25, -0.2) is 13.1 Å². The number of aliphatic carboxylic acids is 1. The minimum atomic E-state index is -3.67. The van der Waals surface area contributed by atoms with Crippen LogP contribution in [0.1, 0.15) is 31.7 Å². The van der Waals surface area contributed by atoms with E-state index in [-0.39, 0.29) is 18.8 Å². The molecule has 124 valence electrons. The van der Waals surface area contributed by atoms with Crippen LogP contribution in [-0.2, 0) is 26.2 Å². The van der Waals surface area contributed by atoms with Gasteiger partial charge in [-0.2, -0.15) is 0 Å². The van der Waals surface area contributed by atoms with Crippen molar-refractivity contribution in [2.24, 2.45) is 0 Å². The van der Waals surface area contributed by atoms with E-state index in [4.69, 9.17) is 9.84 Å². The van der Waals surface area contributed by atoms with E-state index in [0.29, 0.717) is 13.0 Å². The summed E-state index contributed by atoms with van der Waals surface area (Å²) in [4.78, 5) is 11.0. The summed E-state index contributed by atoms with van der Waals surface area (Å²) in [6.07, 6.45) is 1.76. The third kappa shape index (κ3) is 7.53. The zero-order chi connectivity index (χ0) is 16.4. The van der Waals surface area contributed by atoms with E-state index in [9.17, 15) is 13.2 Å². The fourth-order valence-corrected chi connectivity index (χ4v) is 2.96. The molecule has 0 bridgehead atoms. The van der Waals surface area contributed by atoms with Gasteiger partial charge in [0.2, 0.25) is 10.0 Å². The van der Waals surface area contributed by atoms with E-state index in [1.54, 1.807) is 0 Å². The molecule has 7 heteroatoms. The van der Waals surface area contributed by atoms with Crippen molar-refractivity contribution in [3.8, 4) is 0 Å². The van der Waals surface area contributed by atoms with E-state index < -0.39 is 22.0 Å². The molecular formula is C15H23NO5S. The SMILES string of the molecule is CCCC[C@H](NS(=O)(=O)CCOCc1ccccc1)C(=O)O. The molecule has 0 fully saturated rings. The van der Waals surface area contributed by atoms with E-state index >= 15 is 0 Å². The maximum atomic E-state index is 11.9. The third-order valence-corrected chi connectivity index (χ3v) is 4.42. The number of nitrogens with one attached hydrogen (secondary N) is 1. The molecule has 0 saturated heterocycles. The molecule has 0 saturated carbocycles. The van der Waals surface area contributed by atoms with Crippen molar-refractivity contribution in [3.05, 3.63) is 35.9 Å². The van der Waals surface area contributed by atoms with E-state index in [2.05, 4.69) is 4.72 Å². The quantitative estimate of drug-likeness (QED) is 0.604. The Balaban J connectivity index is 2.37. The summed E-state index contributed by atoms with van der Waals surface area (Å²) in [5.41, 5.74) is 0.958. The number of hydrogen-bond acceptors (Lipinski definition) is 4. The molecule has 6 nitrogen and oxygen atoms in total. The summed E-state index contributed by atoms with van der Waals surface area (Å²) in [5.74, 6) is -1.40. The first-order valence-electron chi connectivity index (χ1n) is 7.29. The van der Waals surface area contributed by atoms with Crippen molar-refractivity contribution in [1.29, 1.82) is 0 Å². The lowest BCUT2D eigenvalue weighted by Crippen LogP contribution is -2.42. The number of carboxylic acid groups (broad SMARTS) is 1. The summed E-state index contributed by atoms with van der Waals surface area (Å²) < 4.78 is 31.3. The van der Waals surface area contributed by atoms with E-state index in [0.717, 1.165) is 12.0 Å². The second-order valence-corrected chi connectivity index (χ2v) is 6.88. The standard InChI is InChI=1S/C15H23NO5S/c1-2-3-9-14(15(17)18)16-22(19,20)11-10-21-12-13-7-5-4-6-8-13/h4-8,14,16H,2-3,9-12H2,1H3,(H,17,18)/t14-/m0/s1. The maximum Gasteiger partial charge on any atom is 0.321 e. The predicted octanol–water partition coefficient (Wildman–Crippen LogP) is 1.77. The monoisotopic (exact) mass is 329 g/mol. The fourth-order valence-electron chi connectivity index (χ4n) is 1.85. The number of unbranched alkanes of at least 4 members (excludes halogenated alkanes) is 1. The predicted molar refractivity (Wildman–Crippen MR) is 84.0 cm³/mol. The van der Waals surface area contributed by atoms with Crippen molar-refractivity contribution in [3.63, 3.8) is 0 Å². The molecule has 0 aliphatic heterocycles. The van der Waals surface area contributed by atoms with Gasteiger partial charge in [-0.05, 0) is 12.0 Å². The lowest BCUT2D eigenvalue weighted by molar-refractivity contribution is -0.139. The van der Waals surface area contributed by atoms with Gasteiger partial charge in [-0.1, -0.05) is 50.1 Å². The van der Waals surface area contributed by atoms with E-state index in [1.807, 2.05) is 37.3 Å². The Hall–Kier alpha value is -1.44. The van der Waals surface area contributed by atoms with Crippen molar-refractivity contribution in [2.75, 3.05) is 12.4 Å². The molecule has 0 aliphatic rings. The highest BCUT2D eigenvalue weighted by atomic mass is 32.2. The van der Waals surface area contributed by atoms with E-state index in [1.165, 1.54) is 0 Å². The van der Waals surface area contributed by atoms with Crippen LogP contribution in [-0.4, -0.2) is 37.9 Å². The average Bonchev–Trinajstić information content (AvgIpc) is 2.49. The second-order valence-electron chi connectivity index (χ2n) is 5.01. The fraction of sp³-hybridized carbons (Fsp3) is 0.533. The van der Waals surface area contributed by atoms with Crippen LogP contribution < -0.4 is 4.72 Å². The first-order chi connectivity index (χ1) is 10.4. The molecule has 1 atom stereocenters. The first-order valence-corrected chi connectivity index (χ1v) is 8.94. The molecule has 22 heavy (non-hydrogen) atoms. The van der Waals surface area contributed by atoms with Crippen LogP contribution >= 0.6 is 0 Å². The van der Waals surface area contributed by atoms with Crippen LogP contribution in [0.5, 0.6) is 0 Å². The number of hydrogen-bond donors (Lipinski definition) is 2. The Bertz CT molecular complexity index is 544. The maximum absolute atomic E-state index is 11.9. The summed E-state index contributed by atoms with van der Waals surface area (Å²) in [5, 5.41) is 9.03. The van der Waals surface area contributed by atoms with Gasteiger partial charge in [0, 0.05) is 0 Å². The first kappa shape index (κ1) is 18.6. The van der Waals surface area contributed by atoms with Gasteiger partial charge >= 0.3 is 5.97 Å². The molecule has 1 rings (SSSR count). The number of benzene rings is 1. The number of carboxylic acids is 1. The highest BCUT2D eigenvalue weighted by Gasteiger charge is 2.23. The van der Waals surface area contributed by atoms with Crippen molar-refractivity contribution in [2.45, 2.75) is 38.8 Å². The van der Waals surface area contributed by atoms with Crippen LogP contribution in [0.15, 0.2) is 30.3 Å². The second kappa shape index (κ2) is 9.55. The minimum absolute atomic E-state index is 0.0182. The summed E-state index contributed by atoms with van der Waals surface area (Å²) in [6, 6.07) is 8.35. The Kier molecular flexibility index (Phi) is 8.08. The largest absolute Gasteiger partial charge is 0.480 e. The van der Waals surface area contributed by atoms with Crippen molar-refractivity contribution >= 4 is 16.0 Å². The van der Waals surface area contributed by atoms with Gasteiger partial charge in [0.1, 0.15) is 6.04 Å². The Morgan fingerprint density at radius 1 is 1.32 bits per heavy atom. The van der Waals surface area contributed by atoms with Crippen LogP contribution in [0.3, 0.4) is 0 Å². The van der Waals surface area contributed by atoms with Crippen molar-refractivity contribution < 1.29 is 23.1 Å². The lowest BCUT2D eigenvalue weighted by atomic mass is 10.1. The van der Waals surface area contributed by atoms with Crippen LogP contribution in [0.4, 0.5) is 0 Å². The van der Waals surface area contributed by atoms with Crippen LogP contribution in [0, 0.1) is 0 Å². The molecule has 0 aromatic heterocycles. The Labute approximate surface area is 131 Å². The molecular weight excluding hydrogens is 306 g/mol. The summed E-state index contributed by atoms with van der Waals surface area (Å²) >= 11 is 0. The molecule has 0 aliphatic carbocycles. The zero-order valence-electron chi connectivity index (χ0n) is 12.7. The zero-order valence-corrected chi connectivity index (χ0v) is 13.5. The van der Waals surface area contributed by atoms with Gasteiger partial charge in [0.15, 0.2) is 0 Å². The normalized spacial score (nSPS) is 13.0. The summed E-state index contributed by atoms with van der Waals surface area (Å²) in [6.45, 7) is 2.27. The minimum Gasteiger partial charge on any atom is -0.480 e. The van der Waals surface area contributed by atoms with Gasteiger partial charge < -0.3 is 9.84 Å². The van der Waals surface area contributed by atoms with Gasteiger partial charge in [0.05, 0.1) is 19.0 Å². The molecule has 0 amide bonds. The highest BCUT2D eigenvalue weighted by Crippen LogP contribution is 2.04. The molecule has 0 radical (unpaired) electrons. The average molecular weight is 329 g/mol. The van der Waals surface area contributed by atoms with Crippen LogP contribution in [0.25, 0.3) is 0 Å². The van der Waals surface area contributed by atoms with Crippen molar-refractivity contribution in [1.82, 2.24) is 4.72 Å². The number of rotatable bonds is 11. The third-order valence-electron chi connectivity index (χ3n) is 3.07. The molecule has 1 aromatic rings. The number of sulfonamides is 1. The van der Waals surface area contributed by atoms with Crippen LogP contribution in [0.2, 0.25) is 0 Å². The molecule has 1 aromatic carbocycles. The molecule has 0 heterocycles. The van der Waals surface area contributed by atoms with Gasteiger partial charge in [-0.15, -0.1) is 0 Å². The van der Waals surface area contributed by atoms with Gasteiger partial charge in [-0.3, -0.25) is 4.79 Å². The number of ether oxygens (including phenoxy) is 1.